The monoisotopic (exact) mass is 272 g/mol. The molecule has 0 fully saturated rings. The molecule has 0 N–H and O–H groups in total. The van der Waals surface area contributed by atoms with Crippen LogP contribution >= 0.6 is 0 Å². The van der Waals surface area contributed by atoms with Crippen molar-refractivity contribution >= 4 is 23.2 Å². The number of esters is 1. The van der Waals surface area contributed by atoms with Crippen LogP contribution in [0.1, 0.15) is 31.1 Å². The normalized spacial score (nSPS) is 11.2. The molecule has 2 rings (SSSR count). The van der Waals surface area contributed by atoms with Gasteiger partial charge in [-0.1, -0.05) is 12.1 Å². The zero-order valence-corrected chi connectivity index (χ0v) is 11.7. The lowest BCUT2D eigenvalue weighted by Gasteiger charge is -2.19. The van der Waals surface area contributed by atoms with Gasteiger partial charge in [0.2, 0.25) is 0 Å². The van der Waals surface area contributed by atoms with Gasteiger partial charge in [0.15, 0.2) is 0 Å². The van der Waals surface area contributed by atoms with Gasteiger partial charge in [0.25, 0.3) is 6.47 Å². The highest BCUT2D eigenvalue weighted by Crippen LogP contribution is 2.23. The molecule has 0 aromatic heterocycles. The lowest BCUT2D eigenvalue weighted by molar-refractivity contribution is -0.120. The molecule has 0 amide bonds. The summed E-state index contributed by atoms with van der Waals surface area (Å²) in [4.78, 5) is 22.3. The first kappa shape index (κ1) is 14.1. The molecule has 4 heteroatoms. The van der Waals surface area contributed by atoms with Crippen molar-refractivity contribution in [1.29, 1.82) is 0 Å². The molecule has 0 bridgehead atoms. The predicted octanol–water partition coefficient (Wildman–Crippen LogP) is 3.33. The standard InChI is InChI=1S/C16H16O4/c1-16(2,3)20-15(18)13-5-4-12-9-14(19-10-17)7-6-11(12)8-13/h4-10H,1-3H3. The Morgan fingerprint density at radius 3 is 2.35 bits per heavy atom. The van der Waals surface area contributed by atoms with E-state index in [-0.39, 0.29) is 5.97 Å². The van der Waals surface area contributed by atoms with E-state index in [1.54, 1.807) is 36.4 Å². The summed E-state index contributed by atoms with van der Waals surface area (Å²) in [5.74, 6) is 0.116. The van der Waals surface area contributed by atoms with Gasteiger partial charge in [-0.3, -0.25) is 4.79 Å². The van der Waals surface area contributed by atoms with Gasteiger partial charge in [0, 0.05) is 0 Å². The van der Waals surface area contributed by atoms with Crippen LogP contribution in [0, 0.1) is 0 Å². The second-order valence-corrected chi connectivity index (χ2v) is 5.44. The van der Waals surface area contributed by atoms with E-state index in [4.69, 9.17) is 9.47 Å². The third kappa shape index (κ3) is 3.35. The van der Waals surface area contributed by atoms with E-state index in [2.05, 4.69) is 0 Å². The number of benzene rings is 2. The summed E-state index contributed by atoms with van der Waals surface area (Å²) < 4.78 is 10.1. The summed E-state index contributed by atoms with van der Waals surface area (Å²) in [5, 5.41) is 1.77. The molecule has 104 valence electrons. The Hall–Kier alpha value is -2.36. The minimum absolute atomic E-state index is 0.354. The molecule has 0 heterocycles. The molecule has 4 nitrogen and oxygen atoms in total. The number of ether oxygens (including phenoxy) is 2. The highest BCUT2D eigenvalue weighted by atomic mass is 16.6. The molecule has 0 spiro atoms. The van der Waals surface area contributed by atoms with E-state index in [9.17, 15) is 9.59 Å². The Balaban J connectivity index is 2.32. The molecule has 0 aliphatic heterocycles. The summed E-state index contributed by atoms with van der Waals surface area (Å²) >= 11 is 0. The first-order chi connectivity index (χ1) is 9.39. The summed E-state index contributed by atoms with van der Waals surface area (Å²) in [5.41, 5.74) is -0.0234. The van der Waals surface area contributed by atoms with E-state index in [1.807, 2.05) is 20.8 Å². The molecule has 0 unspecified atom stereocenters. The van der Waals surface area contributed by atoms with Crippen molar-refractivity contribution in [3.8, 4) is 5.75 Å². The molecule has 2 aromatic rings. The average Bonchev–Trinajstić information content (AvgIpc) is 2.36. The Morgan fingerprint density at radius 2 is 1.70 bits per heavy atom. The molecule has 0 aliphatic carbocycles. The Labute approximate surface area is 117 Å². The average molecular weight is 272 g/mol. The third-order valence-corrected chi connectivity index (χ3v) is 2.63. The number of carbonyl (C=O) groups is 2. The van der Waals surface area contributed by atoms with Gasteiger partial charge in [0.1, 0.15) is 11.4 Å². The molecule has 0 atom stereocenters. The number of fused-ring (bicyclic) bond motifs is 1. The molecule has 0 aliphatic rings. The molecule has 0 radical (unpaired) electrons. The van der Waals surface area contributed by atoms with Crippen LogP contribution < -0.4 is 4.74 Å². The number of carbonyl (C=O) groups excluding carboxylic acids is 2. The number of hydrogen-bond acceptors (Lipinski definition) is 4. The number of hydrogen-bond donors (Lipinski definition) is 0. The van der Waals surface area contributed by atoms with Crippen molar-refractivity contribution in [2.75, 3.05) is 0 Å². The van der Waals surface area contributed by atoms with Crippen molar-refractivity contribution < 1.29 is 19.1 Å². The van der Waals surface area contributed by atoms with E-state index >= 15 is 0 Å². The van der Waals surface area contributed by atoms with Gasteiger partial charge in [-0.15, -0.1) is 0 Å². The van der Waals surface area contributed by atoms with Crippen LogP contribution in [-0.2, 0) is 9.53 Å². The maximum Gasteiger partial charge on any atom is 0.338 e. The molecule has 2 aromatic carbocycles. The van der Waals surface area contributed by atoms with Crippen LogP contribution in [0.3, 0.4) is 0 Å². The maximum absolute atomic E-state index is 12.0. The highest BCUT2D eigenvalue weighted by Gasteiger charge is 2.17. The fraction of sp³-hybridized carbons (Fsp3) is 0.250. The van der Waals surface area contributed by atoms with E-state index in [0.29, 0.717) is 17.8 Å². The summed E-state index contributed by atoms with van der Waals surface area (Å²) in [6.07, 6.45) is 0. The van der Waals surface area contributed by atoms with Crippen LogP contribution in [-0.4, -0.2) is 18.0 Å². The predicted molar refractivity (Wildman–Crippen MR) is 75.8 cm³/mol. The largest absolute Gasteiger partial charge is 0.456 e. The minimum atomic E-state index is -0.520. The second-order valence-electron chi connectivity index (χ2n) is 5.44. The molecular formula is C16H16O4. The van der Waals surface area contributed by atoms with Crippen LogP contribution in [0.2, 0.25) is 0 Å². The van der Waals surface area contributed by atoms with Crippen LogP contribution in [0.25, 0.3) is 10.8 Å². The Morgan fingerprint density at radius 1 is 1.05 bits per heavy atom. The zero-order valence-electron chi connectivity index (χ0n) is 11.7. The van der Waals surface area contributed by atoms with Gasteiger partial charge >= 0.3 is 5.97 Å². The van der Waals surface area contributed by atoms with Crippen molar-refractivity contribution in [3.05, 3.63) is 42.0 Å². The van der Waals surface area contributed by atoms with Crippen molar-refractivity contribution in [1.82, 2.24) is 0 Å². The lowest BCUT2D eigenvalue weighted by Crippen LogP contribution is -2.23. The van der Waals surface area contributed by atoms with Gasteiger partial charge in [-0.2, -0.15) is 0 Å². The van der Waals surface area contributed by atoms with Crippen molar-refractivity contribution in [3.63, 3.8) is 0 Å². The minimum Gasteiger partial charge on any atom is -0.456 e. The van der Waals surface area contributed by atoms with E-state index in [0.717, 1.165) is 10.8 Å². The first-order valence-corrected chi connectivity index (χ1v) is 6.26. The fourth-order valence-corrected chi connectivity index (χ4v) is 1.82. The third-order valence-electron chi connectivity index (χ3n) is 2.63. The smallest absolute Gasteiger partial charge is 0.338 e. The summed E-state index contributed by atoms with van der Waals surface area (Å²) in [6, 6.07) is 10.5. The van der Waals surface area contributed by atoms with Crippen LogP contribution in [0.4, 0.5) is 0 Å². The van der Waals surface area contributed by atoms with Crippen LogP contribution in [0.15, 0.2) is 36.4 Å². The first-order valence-electron chi connectivity index (χ1n) is 6.26. The Kier molecular flexibility index (Phi) is 3.74. The molecule has 0 saturated carbocycles. The quantitative estimate of drug-likeness (QED) is 0.635. The summed E-state index contributed by atoms with van der Waals surface area (Å²) in [6.45, 7) is 5.87. The SMILES string of the molecule is CC(C)(C)OC(=O)c1ccc2cc(OC=O)ccc2c1. The van der Waals surface area contributed by atoms with Gasteiger partial charge in [-0.05, 0) is 55.8 Å². The van der Waals surface area contributed by atoms with Gasteiger partial charge in [0.05, 0.1) is 5.56 Å². The van der Waals surface area contributed by atoms with Crippen molar-refractivity contribution in [2.45, 2.75) is 26.4 Å². The molecule has 0 saturated heterocycles. The highest BCUT2D eigenvalue weighted by molar-refractivity contribution is 5.96. The summed E-state index contributed by atoms with van der Waals surface area (Å²) in [7, 11) is 0. The fourth-order valence-electron chi connectivity index (χ4n) is 1.82. The van der Waals surface area contributed by atoms with Crippen molar-refractivity contribution in [2.24, 2.45) is 0 Å². The Bertz CT molecular complexity index is 653. The van der Waals surface area contributed by atoms with Gasteiger partial charge in [-0.25, -0.2) is 4.79 Å². The topological polar surface area (TPSA) is 52.6 Å². The lowest BCUT2D eigenvalue weighted by atomic mass is 10.1. The van der Waals surface area contributed by atoms with E-state index in [1.165, 1.54) is 0 Å². The molecule has 20 heavy (non-hydrogen) atoms. The maximum atomic E-state index is 12.0. The molecular weight excluding hydrogens is 256 g/mol. The number of rotatable bonds is 3. The van der Waals surface area contributed by atoms with Gasteiger partial charge < -0.3 is 9.47 Å². The van der Waals surface area contributed by atoms with E-state index < -0.39 is 5.60 Å². The zero-order chi connectivity index (χ0) is 14.8. The second kappa shape index (κ2) is 5.33. The van der Waals surface area contributed by atoms with Crippen LogP contribution in [0.5, 0.6) is 5.75 Å².